The van der Waals surface area contributed by atoms with Crippen LogP contribution in [0.15, 0.2) is 41.5 Å². The second kappa shape index (κ2) is 5.87. The number of rotatable bonds is 3. The highest BCUT2D eigenvalue weighted by molar-refractivity contribution is 5.79. The summed E-state index contributed by atoms with van der Waals surface area (Å²) in [6, 6.07) is 7.28. The number of ether oxygens (including phenoxy) is 1. The van der Waals surface area contributed by atoms with Gasteiger partial charge in [0.25, 0.3) is 5.56 Å². The molecule has 118 valence electrons. The molecule has 6 heteroatoms. The maximum absolute atomic E-state index is 12.3. The summed E-state index contributed by atoms with van der Waals surface area (Å²) in [5.41, 5.74) is 0.449. The predicted octanol–water partition coefficient (Wildman–Crippen LogP) is 2.82. The molecule has 3 aromatic rings. The van der Waals surface area contributed by atoms with Gasteiger partial charge in [0.05, 0.1) is 17.0 Å². The van der Waals surface area contributed by atoms with Crippen molar-refractivity contribution >= 4 is 10.9 Å². The fourth-order valence-corrected chi connectivity index (χ4v) is 3.06. The molecule has 1 saturated carbocycles. The molecule has 0 spiro atoms. The molecule has 2 heterocycles. The Morgan fingerprint density at radius 3 is 2.87 bits per heavy atom. The second-order valence-corrected chi connectivity index (χ2v) is 5.90. The van der Waals surface area contributed by atoms with Crippen LogP contribution >= 0.6 is 0 Å². The Labute approximate surface area is 133 Å². The summed E-state index contributed by atoms with van der Waals surface area (Å²) in [7, 11) is 0. The Balaban J connectivity index is 1.67. The highest BCUT2D eigenvalue weighted by Gasteiger charge is 2.15. The minimum atomic E-state index is -0.186. The minimum absolute atomic E-state index is 0.186. The van der Waals surface area contributed by atoms with Gasteiger partial charge in [-0.1, -0.05) is 6.42 Å². The molecule has 4 rings (SSSR count). The van der Waals surface area contributed by atoms with Gasteiger partial charge in [-0.3, -0.25) is 9.78 Å². The average molecular weight is 310 g/mol. The Bertz CT molecular complexity index is 864. The van der Waals surface area contributed by atoms with Crippen LogP contribution in [0.3, 0.4) is 0 Å². The van der Waals surface area contributed by atoms with E-state index in [1.807, 2.05) is 12.1 Å². The van der Waals surface area contributed by atoms with Crippen LogP contribution < -0.4 is 10.3 Å². The molecule has 0 aliphatic heterocycles. The van der Waals surface area contributed by atoms with Crippen LogP contribution in [0.25, 0.3) is 16.9 Å². The number of nitrogens with zero attached hydrogens (tertiary/aromatic N) is 3. The van der Waals surface area contributed by atoms with E-state index in [9.17, 15) is 4.79 Å². The number of fused-ring (bicyclic) bond motifs is 1. The Morgan fingerprint density at radius 2 is 2.09 bits per heavy atom. The first-order chi connectivity index (χ1) is 11.3. The van der Waals surface area contributed by atoms with Crippen LogP contribution in [-0.2, 0) is 0 Å². The van der Waals surface area contributed by atoms with Gasteiger partial charge < -0.3 is 4.74 Å². The van der Waals surface area contributed by atoms with E-state index < -0.39 is 0 Å². The zero-order valence-electron chi connectivity index (χ0n) is 12.7. The molecule has 1 aromatic carbocycles. The largest absolute Gasteiger partial charge is 0.490 e. The molecule has 1 fully saturated rings. The zero-order chi connectivity index (χ0) is 15.6. The molecule has 0 radical (unpaired) electrons. The first-order valence-electron chi connectivity index (χ1n) is 8.00. The van der Waals surface area contributed by atoms with Gasteiger partial charge in [0.2, 0.25) is 5.95 Å². The summed E-state index contributed by atoms with van der Waals surface area (Å²) in [5.74, 6) is 1.15. The molecular weight excluding hydrogens is 292 g/mol. The first kappa shape index (κ1) is 14.0. The van der Waals surface area contributed by atoms with Gasteiger partial charge in [0.15, 0.2) is 0 Å². The molecule has 23 heavy (non-hydrogen) atoms. The third-order valence-corrected chi connectivity index (χ3v) is 4.24. The van der Waals surface area contributed by atoms with E-state index in [1.165, 1.54) is 23.9 Å². The lowest BCUT2D eigenvalue weighted by Gasteiger charge is -2.23. The maximum atomic E-state index is 12.3. The van der Waals surface area contributed by atoms with Crippen molar-refractivity contribution in [2.45, 2.75) is 38.2 Å². The number of aromatic amines is 1. The van der Waals surface area contributed by atoms with Crippen LogP contribution in [0.5, 0.6) is 5.75 Å². The van der Waals surface area contributed by atoms with Crippen LogP contribution in [0, 0.1) is 0 Å². The third kappa shape index (κ3) is 2.84. The van der Waals surface area contributed by atoms with Gasteiger partial charge in [0.1, 0.15) is 5.75 Å². The molecule has 1 aliphatic rings. The summed E-state index contributed by atoms with van der Waals surface area (Å²) in [6.45, 7) is 0. The van der Waals surface area contributed by atoms with Crippen LogP contribution in [0.2, 0.25) is 0 Å². The van der Waals surface area contributed by atoms with Crippen LogP contribution in [-0.4, -0.2) is 25.9 Å². The highest BCUT2D eigenvalue weighted by Crippen LogP contribution is 2.24. The van der Waals surface area contributed by atoms with Crippen molar-refractivity contribution < 1.29 is 4.74 Å². The molecule has 0 atom stereocenters. The fraction of sp³-hybridized carbons (Fsp3) is 0.353. The SMILES string of the molecule is O=c1[nH]c(-n2cccn2)nc2ccc(OC3CCCCC3)cc12. The van der Waals surface area contributed by atoms with Crippen molar-refractivity contribution in [3.8, 4) is 11.7 Å². The van der Waals surface area contributed by atoms with Crippen molar-refractivity contribution in [1.82, 2.24) is 19.7 Å². The standard InChI is InChI=1S/C17H18N4O2/c22-16-14-11-13(23-12-5-2-1-3-6-12)7-8-15(14)19-17(20-16)21-10-4-9-18-21/h4,7-12H,1-3,5-6H2,(H,19,20,22). The summed E-state index contributed by atoms with van der Waals surface area (Å²) in [4.78, 5) is 19.6. The molecular formula is C17H18N4O2. The van der Waals surface area contributed by atoms with Crippen molar-refractivity contribution in [3.05, 3.63) is 47.0 Å². The summed E-state index contributed by atoms with van der Waals surface area (Å²) < 4.78 is 7.56. The number of nitrogens with one attached hydrogen (secondary N) is 1. The highest BCUT2D eigenvalue weighted by atomic mass is 16.5. The molecule has 0 saturated heterocycles. The van der Waals surface area contributed by atoms with Gasteiger partial charge in [-0.15, -0.1) is 0 Å². The molecule has 0 bridgehead atoms. The number of hydrogen-bond acceptors (Lipinski definition) is 4. The summed E-state index contributed by atoms with van der Waals surface area (Å²) in [6.07, 6.45) is 9.54. The van der Waals surface area contributed by atoms with E-state index in [4.69, 9.17) is 4.74 Å². The van der Waals surface area contributed by atoms with Gasteiger partial charge in [0, 0.05) is 12.4 Å². The minimum Gasteiger partial charge on any atom is -0.490 e. The van der Waals surface area contributed by atoms with E-state index in [-0.39, 0.29) is 11.7 Å². The van der Waals surface area contributed by atoms with E-state index in [1.54, 1.807) is 24.5 Å². The molecule has 0 amide bonds. The normalized spacial score (nSPS) is 15.8. The van der Waals surface area contributed by atoms with Gasteiger partial charge >= 0.3 is 0 Å². The van der Waals surface area contributed by atoms with Crippen LogP contribution in [0.4, 0.5) is 0 Å². The Hall–Kier alpha value is -2.63. The smallest absolute Gasteiger partial charge is 0.260 e. The topological polar surface area (TPSA) is 72.8 Å². The maximum Gasteiger partial charge on any atom is 0.260 e. The number of aromatic nitrogens is 4. The lowest BCUT2D eigenvalue weighted by Crippen LogP contribution is -2.20. The van der Waals surface area contributed by atoms with Gasteiger partial charge in [-0.25, -0.2) is 9.67 Å². The van der Waals surface area contributed by atoms with Crippen molar-refractivity contribution in [3.63, 3.8) is 0 Å². The molecule has 0 unspecified atom stereocenters. The van der Waals surface area contributed by atoms with E-state index in [2.05, 4.69) is 15.1 Å². The molecule has 1 N–H and O–H groups in total. The quantitative estimate of drug-likeness (QED) is 0.807. The van der Waals surface area contributed by atoms with Crippen molar-refractivity contribution in [1.29, 1.82) is 0 Å². The number of benzene rings is 1. The second-order valence-electron chi connectivity index (χ2n) is 5.90. The third-order valence-electron chi connectivity index (χ3n) is 4.24. The first-order valence-corrected chi connectivity index (χ1v) is 8.00. The van der Waals surface area contributed by atoms with Crippen LogP contribution in [0.1, 0.15) is 32.1 Å². The molecule has 1 aliphatic carbocycles. The Morgan fingerprint density at radius 1 is 1.22 bits per heavy atom. The molecule has 2 aromatic heterocycles. The van der Waals surface area contributed by atoms with Gasteiger partial charge in [-0.2, -0.15) is 5.10 Å². The zero-order valence-corrected chi connectivity index (χ0v) is 12.7. The average Bonchev–Trinajstić information content (AvgIpc) is 3.11. The molecule has 6 nitrogen and oxygen atoms in total. The van der Waals surface area contributed by atoms with Crippen molar-refractivity contribution in [2.24, 2.45) is 0 Å². The monoisotopic (exact) mass is 310 g/mol. The summed E-state index contributed by atoms with van der Waals surface area (Å²) in [5, 5.41) is 4.62. The lowest BCUT2D eigenvalue weighted by molar-refractivity contribution is 0.155. The predicted molar refractivity (Wildman–Crippen MR) is 87.0 cm³/mol. The van der Waals surface area contributed by atoms with Crippen molar-refractivity contribution in [2.75, 3.05) is 0 Å². The summed E-state index contributed by atoms with van der Waals surface area (Å²) >= 11 is 0. The van der Waals surface area contributed by atoms with E-state index >= 15 is 0 Å². The fourth-order valence-electron chi connectivity index (χ4n) is 3.06. The lowest BCUT2D eigenvalue weighted by atomic mass is 9.98. The van der Waals surface area contributed by atoms with Gasteiger partial charge in [-0.05, 0) is 49.9 Å². The van der Waals surface area contributed by atoms with E-state index in [0.29, 0.717) is 16.9 Å². The Kier molecular flexibility index (Phi) is 3.57. The van der Waals surface area contributed by atoms with E-state index in [0.717, 1.165) is 18.6 Å². The number of H-pyrrole nitrogens is 1. The number of hydrogen-bond donors (Lipinski definition) is 1.